The summed E-state index contributed by atoms with van der Waals surface area (Å²) in [6, 6.07) is 8.81. The molecule has 0 heterocycles. The van der Waals surface area contributed by atoms with Gasteiger partial charge in [-0.2, -0.15) is 0 Å². The molecule has 0 saturated carbocycles. The Labute approximate surface area is 82.2 Å². The first kappa shape index (κ1) is 11.0. The molecule has 0 unspecified atom stereocenters. The highest BCUT2D eigenvalue weighted by atomic mass is 32.3. The van der Waals surface area contributed by atoms with Crippen LogP contribution in [-0.2, 0) is 14.6 Å². The summed E-state index contributed by atoms with van der Waals surface area (Å²) in [5, 5.41) is 0. The lowest BCUT2D eigenvalue weighted by Crippen LogP contribution is -2.11. The topological polar surface area (TPSA) is 75.7 Å². The molecule has 5 nitrogen and oxygen atoms in total. The van der Waals surface area contributed by atoms with Crippen molar-refractivity contribution in [1.29, 1.82) is 0 Å². The molecule has 1 rings (SSSR count). The highest BCUT2D eigenvalue weighted by molar-refractivity contribution is 7.80. The van der Waals surface area contributed by atoms with Crippen LogP contribution < -0.4 is 4.74 Å². The van der Waals surface area contributed by atoms with E-state index < -0.39 is 10.4 Å². The van der Waals surface area contributed by atoms with Crippen molar-refractivity contribution in [3.63, 3.8) is 0 Å². The SMILES string of the molecule is O=S(=O)([O-])OCCOc1ccccc1. The van der Waals surface area contributed by atoms with Crippen molar-refractivity contribution in [2.24, 2.45) is 0 Å². The average molecular weight is 217 g/mol. The first-order chi connectivity index (χ1) is 6.58. The van der Waals surface area contributed by atoms with Gasteiger partial charge in [0, 0.05) is 0 Å². The van der Waals surface area contributed by atoms with E-state index in [9.17, 15) is 13.0 Å². The Morgan fingerprint density at radius 1 is 1.14 bits per heavy atom. The van der Waals surface area contributed by atoms with E-state index in [4.69, 9.17) is 4.74 Å². The Kier molecular flexibility index (Phi) is 3.87. The molecule has 6 heteroatoms. The average Bonchev–Trinajstić information content (AvgIpc) is 2.13. The normalized spacial score (nSPS) is 11.2. The van der Waals surface area contributed by atoms with Gasteiger partial charge in [-0.05, 0) is 12.1 Å². The molecule has 0 spiro atoms. The molecule has 0 bridgehead atoms. The number of para-hydroxylation sites is 1. The van der Waals surface area contributed by atoms with Gasteiger partial charge in [-0.1, -0.05) is 18.2 Å². The third-order valence-corrected chi connectivity index (χ3v) is 1.78. The molecule has 0 aliphatic rings. The van der Waals surface area contributed by atoms with Crippen molar-refractivity contribution in [3.05, 3.63) is 30.3 Å². The summed E-state index contributed by atoms with van der Waals surface area (Å²) >= 11 is 0. The van der Waals surface area contributed by atoms with Crippen molar-refractivity contribution in [2.75, 3.05) is 13.2 Å². The van der Waals surface area contributed by atoms with Crippen molar-refractivity contribution < 1.29 is 21.9 Å². The smallest absolute Gasteiger partial charge is 0.217 e. The van der Waals surface area contributed by atoms with Crippen LogP contribution in [0.3, 0.4) is 0 Å². The van der Waals surface area contributed by atoms with Gasteiger partial charge in [0.2, 0.25) is 10.4 Å². The molecule has 0 aliphatic carbocycles. The standard InChI is InChI=1S/C8H10O5S/c9-14(10,11)13-7-6-12-8-4-2-1-3-5-8/h1-5H,6-7H2,(H,9,10,11)/p-1. The molecule has 0 radical (unpaired) electrons. The Balaban J connectivity index is 2.23. The van der Waals surface area contributed by atoms with E-state index >= 15 is 0 Å². The number of rotatable bonds is 5. The molecule has 0 atom stereocenters. The van der Waals surface area contributed by atoms with Crippen LogP contribution in [0, 0.1) is 0 Å². The van der Waals surface area contributed by atoms with E-state index in [1.807, 2.05) is 6.07 Å². The minimum absolute atomic E-state index is 0.0193. The van der Waals surface area contributed by atoms with Crippen LogP contribution in [0.2, 0.25) is 0 Å². The molecule has 1 aromatic rings. The summed E-state index contributed by atoms with van der Waals surface area (Å²) in [7, 11) is -4.61. The number of hydrogen-bond acceptors (Lipinski definition) is 5. The van der Waals surface area contributed by atoms with Gasteiger partial charge in [-0.15, -0.1) is 0 Å². The fourth-order valence-electron chi connectivity index (χ4n) is 0.812. The molecule has 0 aromatic heterocycles. The molecule has 0 amide bonds. The summed E-state index contributed by atoms with van der Waals surface area (Å²) < 4.78 is 39.0. The van der Waals surface area contributed by atoms with Crippen molar-refractivity contribution in [2.45, 2.75) is 0 Å². The highest BCUT2D eigenvalue weighted by Gasteiger charge is 1.95. The summed E-state index contributed by atoms with van der Waals surface area (Å²) in [4.78, 5) is 0. The fraction of sp³-hybridized carbons (Fsp3) is 0.250. The molecule has 0 saturated heterocycles. The fourth-order valence-corrected chi connectivity index (χ4v) is 1.08. The lowest BCUT2D eigenvalue weighted by molar-refractivity contribution is 0.199. The summed E-state index contributed by atoms with van der Waals surface area (Å²) in [6.07, 6.45) is 0. The van der Waals surface area contributed by atoms with Crippen LogP contribution in [0.4, 0.5) is 0 Å². The minimum atomic E-state index is -4.61. The highest BCUT2D eigenvalue weighted by Crippen LogP contribution is 2.07. The van der Waals surface area contributed by atoms with E-state index in [-0.39, 0.29) is 13.2 Å². The quantitative estimate of drug-likeness (QED) is 0.409. The van der Waals surface area contributed by atoms with Crippen LogP contribution in [0.15, 0.2) is 30.3 Å². The van der Waals surface area contributed by atoms with Gasteiger partial charge < -0.3 is 9.29 Å². The predicted octanol–water partition coefficient (Wildman–Crippen LogP) is 0.542. The third kappa shape index (κ3) is 4.80. The maximum absolute atomic E-state index is 10.0. The summed E-state index contributed by atoms with van der Waals surface area (Å²) in [5.74, 6) is 0.597. The number of hydrogen-bond donors (Lipinski definition) is 0. The van der Waals surface area contributed by atoms with E-state index in [1.165, 1.54) is 0 Å². The number of benzene rings is 1. The first-order valence-corrected chi connectivity index (χ1v) is 5.19. The zero-order valence-electron chi connectivity index (χ0n) is 7.25. The summed E-state index contributed by atoms with van der Waals surface area (Å²) in [6.45, 7) is -0.258. The molecule has 0 fully saturated rings. The second kappa shape index (κ2) is 4.94. The van der Waals surface area contributed by atoms with Gasteiger partial charge in [0.15, 0.2) is 0 Å². The van der Waals surface area contributed by atoms with E-state index in [2.05, 4.69) is 4.18 Å². The lowest BCUT2D eigenvalue weighted by Gasteiger charge is -2.08. The van der Waals surface area contributed by atoms with Crippen molar-refractivity contribution in [3.8, 4) is 5.75 Å². The molecule has 78 valence electrons. The van der Waals surface area contributed by atoms with E-state index in [0.717, 1.165) is 0 Å². The molecule has 0 aliphatic heterocycles. The van der Waals surface area contributed by atoms with Gasteiger partial charge in [-0.3, -0.25) is 4.18 Å². The van der Waals surface area contributed by atoms with Crippen molar-refractivity contribution >= 4 is 10.4 Å². The predicted molar refractivity (Wildman–Crippen MR) is 47.6 cm³/mol. The summed E-state index contributed by atoms with van der Waals surface area (Å²) in [5.41, 5.74) is 0. The van der Waals surface area contributed by atoms with E-state index in [0.29, 0.717) is 5.75 Å². The Morgan fingerprint density at radius 2 is 1.79 bits per heavy atom. The molecular weight excluding hydrogens is 208 g/mol. The minimum Gasteiger partial charge on any atom is -0.726 e. The van der Waals surface area contributed by atoms with Crippen LogP contribution in [0.25, 0.3) is 0 Å². The first-order valence-electron chi connectivity index (χ1n) is 3.86. The van der Waals surface area contributed by atoms with Gasteiger partial charge in [0.25, 0.3) is 0 Å². The van der Waals surface area contributed by atoms with Crippen LogP contribution in [0.1, 0.15) is 0 Å². The second-order valence-electron chi connectivity index (χ2n) is 2.39. The Hall–Kier alpha value is -1.11. The monoisotopic (exact) mass is 217 g/mol. The van der Waals surface area contributed by atoms with Gasteiger partial charge in [0.05, 0.1) is 6.61 Å². The zero-order chi connectivity index (χ0) is 10.4. The third-order valence-electron chi connectivity index (χ3n) is 1.32. The van der Waals surface area contributed by atoms with Gasteiger partial charge in [-0.25, -0.2) is 8.42 Å². The molecule has 0 N–H and O–H groups in total. The van der Waals surface area contributed by atoms with Crippen molar-refractivity contribution in [1.82, 2.24) is 0 Å². The molecule has 14 heavy (non-hydrogen) atoms. The van der Waals surface area contributed by atoms with Gasteiger partial charge in [0.1, 0.15) is 12.4 Å². The van der Waals surface area contributed by atoms with Crippen LogP contribution >= 0.6 is 0 Å². The van der Waals surface area contributed by atoms with Gasteiger partial charge >= 0.3 is 0 Å². The Morgan fingerprint density at radius 3 is 2.36 bits per heavy atom. The maximum Gasteiger partial charge on any atom is 0.217 e. The number of ether oxygens (including phenoxy) is 1. The van der Waals surface area contributed by atoms with E-state index in [1.54, 1.807) is 24.3 Å². The zero-order valence-corrected chi connectivity index (χ0v) is 8.07. The van der Waals surface area contributed by atoms with Crippen LogP contribution in [-0.4, -0.2) is 26.2 Å². The lowest BCUT2D eigenvalue weighted by atomic mass is 10.3. The largest absolute Gasteiger partial charge is 0.726 e. The second-order valence-corrected chi connectivity index (χ2v) is 3.44. The molecule has 1 aromatic carbocycles. The maximum atomic E-state index is 10.0. The Bertz CT molecular complexity index is 359. The van der Waals surface area contributed by atoms with Crippen LogP contribution in [0.5, 0.6) is 5.75 Å². The molecular formula is C8H9O5S-.